The molecule has 0 aliphatic carbocycles. The molecular formula is C16H15BrO2. The highest BCUT2D eigenvalue weighted by Crippen LogP contribution is 2.21. The van der Waals surface area contributed by atoms with Crippen molar-refractivity contribution in [1.29, 1.82) is 0 Å². The second-order valence-electron chi connectivity index (χ2n) is 4.41. The van der Waals surface area contributed by atoms with Crippen LogP contribution in [0.5, 0.6) is 5.75 Å². The van der Waals surface area contributed by atoms with Gasteiger partial charge in [0.25, 0.3) is 0 Å². The van der Waals surface area contributed by atoms with Crippen molar-refractivity contribution in [2.75, 3.05) is 0 Å². The smallest absolute Gasteiger partial charge is 0.160 e. The Bertz CT molecular complexity index is 605. The summed E-state index contributed by atoms with van der Waals surface area (Å²) in [7, 11) is 0. The van der Waals surface area contributed by atoms with Crippen LogP contribution >= 0.6 is 15.9 Å². The van der Waals surface area contributed by atoms with Crippen LogP contribution in [0.25, 0.3) is 0 Å². The molecule has 0 aromatic heterocycles. The van der Waals surface area contributed by atoms with Crippen LogP contribution in [0.3, 0.4) is 0 Å². The van der Waals surface area contributed by atoms with Crippen LogP contribution in [0, 0.1) is 6.92 Å². The van der Waals surface area contributed by atoms with E-state index in [2.05, 4.69) is 15.9 Å². The molecule has 0 aliphatic rings. The average Bonchev–Trinajstić information content (AvgIpc) is 2.37. The number of Topliss-reactive ketones (excluding diaryl/α,β-unsaturated/α-hetero) is 1. The first kappa shape index (κ1) is 13.8. The van der Waals surface area contributed by atoms with Gasteiger partial charge >= 0.3 is 0 Å². The lowest BCUT2D eigenvalue weighted by Crippen LogP contribution is -1.99. The number of rotatable bonds is 4. The number of ether oxygens (including phenoxy) is 1. The van der Waals surface area contributed by atoms with Crippen molar-refractivity contribution >= 4 is 21.7 Å². The Labute approximate surface area is 121 Å². The summed E-state index contributed by atoms with van der Waals surface area (Å²) < 4.78 is 6.78. The molecular weight excluding hydrogens is 304 g/mol. The Hall–Kier alpha value is -1.61. The Morgan fingerprint density at radius 3 is 2.58 bits per heavy atom. The zero-order valence-electron chi connectivity index (χ0n) is 10.9. The van der Waals surface area contributed by atoms with Crippen molar-refractivity contribution in [3.8, 4) is 5.75 Å². The highest BCUT2D eigenvalue weighted by atomic mass is 79.9. The number of benzene rings is 2. The molecule has 0 bridgehead atoms. The molecule has 2 aromatic rings. The molecule has 0 N–H and O–H groups in total. The monoisotopic (exact) mass is 318 g/mol. The minimum atomic E-state index is 0.0786. The normalized spacial score (nSPS) is 10.3. The van der Waals surface area contributed by atoms with Gasteiger partial charge in [0.2, 0.25) is 0 Å². The number of halogens is 1. The first-order chi connectivity index (χ1) is 9.08. The fourth-order valence-electron chi connectivity index (χ4n) is 1.90. The van der Waals surface area contributed by atoms with Crippen LogP contribution in [-0.2, 0) is 6.61 Å². The van der Waals surface area contributed by atoms with Crippen molar-refractivity contribution in [1.82, 2.24) is 0 Å². The molecule has 0 heterocycles. The minimum absolute atomic E-state index is 0.0786. The first-order valence-corrected chi connectivity index (χ1v) is 6.85. The van der Waals surface area contributed by atoms with Crippen molar-refractivity contribution in [3.05, 3.63) is 63.6 Å². The van der Waals surface area contributed by atoms with Gasteiger partial charge < -0.3 is 4.74 Å². The van der Waals surface area contributed by atoms with Crippen LogP contribution < -0.4 is 4.74 Å². The van der Waals surface area contributed by atoms with Gasteiger partial charge in [-0.05, 0) is 43.7 Å². The van der Waals surface area contributed by atoms with E-state index in [0.717, 1.165) is 26.9 Å². The van der Waals surface area contributed by atoms with E-state index in [-0.39, 0.29) is 5.78 Å². The highest BCUT2D eigenvalue weighted by molar-refractivity contribution is 9.10. The second-order valence-corrected chi connectivity index (χ2v) is 5.27. The molecule has 0 spiro atoms. The summed E-state index contributed by atoms with van der Waals surface area (Å²) >= 11 is 3.49. The maximum absolute atomic E-state index is 11.4. The largest absolute Gasteiger partial charge is 0.489 e. The average molecular weight is 319 g/mol. The van der Waals surface area contributed by atoms with E-state index < -0.39 is 0 Å². The third-order valence-corrected chi connectivity index (χ3v) is 3.70. The predicted molar refractivity (Wildman–Crippen MR) is 79.7 cm³/mol. The van der Waals surface area contributed by atoms with E-state index in [0.29, 0.717) is 6.61 Å². The molecule has 2 rings (SSSR count). The third-order valence-electron chi connectivity index (χ3n) is 2.93. The van der Waals surface area contributed by atoms with E-state index in [1.54, 1.807) is 6.92 Å². The van der Waals surface area contributed by atoms with E-state index >= 15 is 0 Å². The molecule has 0 saturated carbocycles. The molecule has 19 heavy (non-hydrogen) atoms. The number of hydrogen-bond acceptors (Lipinski definition) is 2. The van der Waals surface area contributed by atoms with Crippen LogP contribution in [0.2, 0.25) is 0 Å². The summed E-state index contributed by atoms with van der Waals surface area (Å²) in [5.41, 5.74) is 2.78. The van der Waals surface area contributed by atoms with E-state index in [4.69, 9.17) is 4.74 Å². The molecule has 98 valence electrons. The van der Waals surface area contributed by atoms with Crippen molar-refractivity contribution in [2.24, 2.45) is 0 Å². The minimum Gasteiger partial charge on any atom is -0.489 e. The quantitative estimate of drug-likeness (QED) is 0.774. The summed E-state index contributed by atoms with van der Waals surface area (Å²) in [6.07, 6.45) is 0. The van der Waals surface area contributed by atoms with Crippen LogP contribution in [-0.4, -0.2) is 5.78 Å². The van der Waals surface area contributed by atoms with Crippen LogP contribution in [0.1, 0.15) is 28.4 Å². The molecule has 2 nitrogen and oxygen atoms in total. The van der Waals surface area contributed by atoms with Gasteiger partial charge in [0, 0.05) is 15.6 Å². The number of carbonyl (C=O) groups is 1. The SMILES string of the molecule is CC(=O)c1ccc(OCc2ccccc2Br)cc1C. The molecule has 0 saturated heterocycles. The lowest BCUT2D eigenvalue weighted by molar-refractivity contribution is 0.101. The zero-order valence-corrected chi connectivity index (χ0v) is 12.5. The molecule has 0 fully saturated rings. The number of hydrogen-bond donors (Lipinski definition) is 0. The number of carbonyl (C=O) groups excluding carboxylic acids is 1. The Balaban J connectivity index is 2.11. The van der Waals surface area contributed by atoms with Gasteiger partial charge in [-0.25, -0.2) is 0 Å². The van der Waals surface area contributed by atoms with Crippen molar-refractivity contribution < 1.29 is 9.53 Å². The topological polar surface area (TPSA) is 26.3 Å². The molecule has 2 aromatic carbocycles. The standard InChI is InChI=1S/C16H15BrO2/c1-11-9-14(7-8-15(11)12(2)18)19-10-13-5-3-4-6-16(13)17/h3-9H,10H2,1-2H3. The van der Waals surface area contributed by atoms with Gasteiger partial charge in [0.15, 0.2) is 5.78 Å². The molecule has 0 atom stereocenters. The molecule has 3 heteroatoms. The van der Waals surface area contributed by atoms with Crippen LogP contribution in [0.4, 0.5) is 0 Å². The molecule has 0 aliphatic heterocycles. The number of aryl methyl sites for hydroxylation is 1. The van der Waals surface area contributed by atoms with E-state index in [9.17, 15) is 4.79 Å². The summed E-state index contributed by atoms with van der Waals surface area (Å²) in [5, 5.41) is 0. The summed E-state index contributed by atoms with van der Waals surface area (Å²) in [5.74, 6) is 0.855. The summed E-state index contributed by atoms with van der Waals surface area (Å²) in [6, 6.07) is 13.5. The maximum atomic E-state index is 11.4. The van der Waals surface area contributed by atoms with Gasteiger partial charge in [-0.15, -0.1) is 0 Å². The molecule has 0 radical (unpaired) electrons. The van der Waals surface area contributed by atoms with E-state index in [1.165, 1.54) is 0 Å². The number of ketones is 1. The van der Waals surface area contributed by atoms with E-state index in [1.807, 2.05) is 49.4 Å². The summed E-state index contributed by atoms with van der Waals surface area (Å²) in [6.45, 7) is 3.99. The van der Waals surface area contributed by atoms with Crippen molar-refractivity contribution in [3.63, 3.8) is 0 Å². The summed E-state index contributed by atoms with van der Waals surface area (Å²) in [4.78, 5) is 11.4. The fourth-order valence-corrected chi connectivity index (χ4v) is 2.30. The van der Waals surface area contributed by atoms with Gasteiger partial charge in [-0.1, -0.05) is 34.1 Å². The molecule has 0 amide bonds. The molecule has 0 unspecified atom stereocenters. The van der Waals surface area contributed by atoms with Gasteiger partial charge in [0.1, 0.15) is 12.4 Å². The Morgan fingerprint density at radius 2 is 1.95 bits per heavy atom. The predicted octanol–water partition coefficient (Wildman–Crippen LogP) is 4.54. The lowest BCUT2D eigenvalue weighted by atomic mass is 10.1. The Morgan fingerprint density at radius 1 is 1.21 bits per heavy atom. The van der Waals surface area contributed by atoms with Gasteiger partial charge in [0.05, 0.1) is 0 Å². The van der Waals surface area contributed by atoms with Gasteiger partial charge in [-0.2, -0.15) is 0 Å². The third kappa shape index (κ3) is 3.44. The Kier molecular flexibility index (Phi) is 4.38. The maximum Gasteiger partial charge on any atom is 0.160 e. The zero-order chi connectivity index (χ0) is 13.8. The fraction of sp³-hybridized carbons (Fsp3) is 0.188. The highest BCUT2D eigenvalue weighted by Gasteiger charge is 2.06. The van der Waals surface area contributed by atoms with Crippen LogP contribution in [0.15, 0.2) is 46.9 Å². The lowest BCUT2D eigenvalue weighted by Gasteiger charge is -2.10. The second kappa shape index (κ2) is 6.02. The van der Waals surface area contributed by atoms with Gasteiger partial charge in [-0.3, -0.25) is 4.79 Å². The van der Waals surface area contributed by atoms with Crippen molar-refractivity contribution in [2.45, 2.75) is 20.5 Å². The first-order valence-electron chi connectivity index (χ1n) is 6.05.